The summed E-state index contributed by atoms with van der Waals surface area (Å²) in [6, 6.07) is 0. The zero-order valence-corrected chi connectivity index (χ0v) is 8.91. The lowest BCUT2D eigenvalue weighted by atomic mass is 10.2. The highest BCUT2D eigenvalue weighted by Crippen LogP contribution is 2.05. The minimum absolute atomic E-state index is 0.255. The molecular formula is C10H13NO5. The van der Waals surface area contributed by atoms with Gasteiger partial charge in [-0.15, -0.1) is 0 Å². The van der Waals surface area contributed by atoms with E-state index >= 15 is 0 Å². The largest absolute Gasteiger partial charge is 0.478 e. The first-order valence-corrected chi connectivity index (χ1v) is 4.20. The molecule has 1 heterocycles. The third-order valence-electron chi connectivity index (χ3n) is 1.40. The monoisotopic (exact) mass is 227 g/mol. The SMILES string of the molecule is C=C(CC)C(=O)O.C=C1COC1=O.N=C=O. The number of nitrogens with one attached hydrogen (secondary N) is 1. The number of carbonyl (C=O) groups is 2. The van der Waals surface area contributed by atoms with Gasteiger partial charge >= 0.3 is 11.9 Å². The minimum Gasteiger partial charge on any atom is -0.478 e. The zero-order chi connectivity index (χ0) is 13.1. The Morgan fingerprint density at radius 1 is 1.69 bits per heavy atom. The maximum atomic E-state index is 9.91. The molecule has 0 atom stereocenters. The van der Waals surface area contributed by atoms with Crippen LogP contribution in [0.15, 0.2) is 24.3 Å². The Kier molecular flexibility index (Phi) is 9.50. The van der Waals surface area contributed by atoms with Gasteiger partial charge in [0.1, 0.15) is 6.61 Å². The van der Waals surface area contributed by atoms with E-state index in [2.05, 4.69) is 17.9 Å². The van der Waals surface area contributed by atoms with Crippen LogP contribution in [0.4, 0.5) is 0 Å². The summed E-state index contributed by atoms with van der Waals surface area (Å²) in [6.45, 7) is 8.83. The van der Waals surface area contributed by atoms with Gasteiger partial charge in [0, 0.05) is 5.57 Å². The molecule has 6 heteroatoms. The number of hydrogen-bond donors (Lipinski definition) is 2. The van der Waals surface area contributed by atoms with Crippen LogP contribution in [-0.4, -0.2) is 29.7 Å². The first-order chi connectivity index (χ1) is 7.40. The fourth-order valence-corrected chi connectivity index (χ4v) is 0.384. The van der Waals surface area contributed by atoms with Crippen molar-refractivity contribution in [3.8, 4) is 0 Å². The van der Waals surface area contributed by atoms with Gasteiger partial charge in [-0.05, 0) is 6.42 Å². The Hall–Kier alpha value is -2.20. The van der Waals surface area contributed by atoms with Crippen LogP contribution in [-0.2, 0) is 19.1 Å². The lowest BCUT2D eigenvalue weighted by Crippen LogP contribution is -2.22. The van der Waals surface area contributed by atoms with E-state index < -0.39 is 5.97 Å². The fourth-order valence-electron chi connectivity index (χ4n) is 0.384. The van der Waals surface area contributed by atoms with Gasteiger partial charge in [-0.2, -0.15) is 0 Å². The maximum absolute atomic E-state index is 9.91. The summed E-state index contributed by atoms with van der Waals surface area (Å²) in [5, 5.41) is 13.5. The van der Waals surface area contributed by atoms with Gasteiger partial charge in [0.2, 0.25) is 6.08 Å². The predicted octanol–water partition coefficient (Wildman–Crippen LogP) is 1.04. The smallest absolute Gasteiger partial charge is 0.337 e. The van der Waals surface area contributed by atoms with E-state index in [1.807, 2.05) is 0 Å². The van der Waals surface area contributed by atoms with Crippen molar-refractivity contribution in [1.29, 1.82) is 5.41 Å². The molecule has 1 aliphatic rings. The molecule has 0 unspecified atom stereocenters. The molecule has 0 amide bonds. The number of ether oxygens (including phenoxy) is 1. The third-order valence-corrected chi connectivity index (χ3v) is 1.40. The van der Waals surface area contributed by atoms with Gasteiger partial charge in [-0.1, -0.05) is 20.1 Å². The van der Waals surface area contributed by atoms with Gasteiger partial charge in [-0.25, -0.2) is 19.8 Å². The molecule has 2 N–H and O–H groups in total. The fraction of sp³-hybridized carbons (Fsp3) is 0.300. The molecule has 0 aromatic rings. The van der Waals surface area contributed by atoms with E-state index in [-0.39, 0.29) is 11.5 Å². The highest BCUT2D eigenvalue weighted by Gasteiger charge is 2.18. The highest BCUT2D eigenvalue weighted by molar-refractivity contribution is 5.93. The summed E-state index contributed by atoms with van der Waals surface area (Å²) < 4.78 is 4.30. The van der Waals surface area contributed by atoms with Crippen LogP contribution in [0.2, 0.25) is 0 Å². The summed E-state index contributed by atoms with van der Waals surface area (Å²) in [4.78, 5) is 28.1. The van der Waals surface area contributed by atoms with Crippen LogP contribution in [0.1, 0.15) is 13.3 Å². The Balaban J connectivity index is 0. The van der Waals surface area contributed by atoms with E-state index in [0.29, 0.717) is 18.6 Å². The van der Waals surface area contributed by atoms with Crippen molar-refractivity contribution < 1.29 is 24.2 Å². The molecular weight excluding hydrogens is 214 g/mol. The maximum Gasteiger partial charge on any atom is 0.337 e. The summed E-state index contributed by atoms with van der Waals surface area (Å²) in [7, 11) is 0. The molecule has 0 radical (unpaired) electrons. The van der Waals surface area contributed by atoms with Crippen molar-refractivity contribution in [3.05, 3.63) is 24.3 Å². The molecule has 0 spiro atoms. The average molecular weight is 227 g/mol. The second-order valence-electron chi connectivity index (χ2n) is 2.54. The molecule has 1 saturated heterocycles. The van der Waals surface area contributed by atoms with Crippen molar-refractivity contribution >= 4 is 18.0 Å². The molecule has 88 valence electrons. The highest BCUT2D eigenvalue weighted by atomic mass is 16.6. The van der Waals surface area contributed by atoms with E-state index in [1.165, 1.54) is 0 Å². The van der Waals surface area contributed by atoms with Gasteiger partial charge in [0.05, 0.1) is 5.57 Å². The zero-order valence-electron chi connectivity index (χ0n) is 8.91. The molecule has 0 saturated carbocycles. The van der Waals surface area contributed by atoms with Crippen LogP contribution in [0.5, 0.6) is 0 Å². The number of rotatable bonds is 2. The molecule has 0 aromatic heterocycles. The first-order valence-electron chi connectivity index (χ1n) is 4.20. The molecule has 0 aliphatic carbocycles. The van der Waals surface area contributed by atoms with Crippen LogP contribution < -0.4 is 0 Å². The summed E-state index contributed by atoms with van der Waals surface area (Å²) in [5.41, 5.74) is 0.843. The molecule has 16 heavy (non-hydrogen) atoms. The number of carboxylic acid groups (broad SMARTS) is 1. The average Bonchev–Trinajstić information content (AvgIpc) is 2.27. The van der Waals surface area contributed by atoms with Crippen LogP contribution in [0.3, 0.4) is 0 Å². The minimum atomic E-state index is -0.900. The molecule has 1 fully saturated rings. The van der Waals surface area contributed by atoms with Crippen LogP contribution in [0.25, 0.3) is 0 Å². The summed E-state index contributed by atoms with van der Waals surface area (Å²) in [5.74, 6) is -1.16. The second-order valence-corrected chi connectivity index (χ2v) is 2.54. The molecule has 0 bridgehead atoms. The Morgan fingerprint density at radius 2 is 2.06 bits per heavy atom. The van der Waals surface area contributed by atoms with E-state index in [0.717, 1.165) is 6.08 Å². The predicted molar refractivity (Wildman–Crippen MR) is 55.6 cm³/mol. The number of isocyanates is 1. The third kappa shape index (κ3) is 8.40. The van der Waals surface area contributed by atoms with Crippen molar-refractivity contribution in [3.63, 3.8) is 0 Å². The van der Waals surface area contributed by atoms with E-state index in [1.54, 1.807) is 6.92 Å². The summed E-state index contributed by atoms with van der Waals surface area (Å²) in [6.07, 6.45) is 1.27. The number of cyclic esters (lactones) is 1. The van der Waals surface area contributed by atoms with Crippen LogP contribution in [0, 0.1) is 5.41 Å². The van der Waals surface area contributed by atoms with E-state index in [9.17, 15) is 9.59 Å². The van der Waals surface area contributed by atoms with Gasteiger partial charge in [-0.3, -0.25) is 0 Å². The van der Waals surface area contributed by atoms with Crippen LogP contribution >= 0.6 is 0 Å². The second kappa shape index (κ2) is 9.36. The number of aliphatic carboxylic acids is 1. The normalized spacial score (nSPS) is 11.3. The van der Waals surface area contributed by atoms with Gasteiger partial charge in [0.15, 0.2) is 0 Å². The first kappa shape index (κ1) is 16.2. The van der Waals surface area contributed by atoms with Crippen molar-refractivity contribution in [2.45, 2.75) is 13.3 Å². The molecule has 1 aliphatic heterocycles. The number of carbonyl (C=O) groups excluding carboxylic acids is 2. The lowest BCUT2D eigenvalue weighted by molar-refractivity contribution is -0.147. The topological polar surface area (TPSA) is 105 Å². The number of esters is 1. The van der Waals surface area contributed by atoms with Crippen molar-refractivity contribution in [2.75, 3.05) is 6.61 Å². The number of carboxylic acids is 1. The van der Waals surface area contributed by atoms with E-state index in [4.69, 9.17) is 15.3 Å². The Bertz CT molecular complexity index is 312. The molecule has 0 aromatic carbocycles. The Labute approximate surface area is 92.7 Å². The standard InChI is InChI=1S/C5H8O2.C4H4O2.CHNO/c1-3-4(2)5(6)7;1-3-2-6-4(3)5;2-1-3/h2-3H2,1H3,(H,6,7);1-2H2;2H. The van der Waals surface area contributed by atoms with Gasteiger partial charge < -0.3 is 9.84 Å². The van der Waals surface area contributed by atoms with Gasteiger partial charge in [0.25, 0.3) is 0 Å². The molecule has 1 rings (SSSR count). The number of hydrogen-bond acceptors (Lipinski definition) is 5. The summed E-state index contributed by atoms with van der Waals surface area (Å²) >= 11 is 0. The quantitative estimate of drug-likeness (QED) is 0.317. The lowest BCUT2D eigenvalue weighted by Gasteiger charge is -2.13. The van der Waals surface area contributed by atoms with Crippen molar-refractivity contribution in [1.82, 2.24) is 0 Å². The Morgan fingerprint density at radius 3 is 2.06 bits per heavy atom. The molecule has 6 nitrogen and oxygen atoms in total. The van der Waals surface area contributed by atoms with Crippen molar-refractivity contribution in [2.24, 2.45) is 0 Å².